The number of pyridine rings is 1. The Morgan fingerprint density at radius 1 is 1.28 bits per heavy atom. The van der Waals surface area contributed by atoms with Crippen molar-refractivity contribution in [1.29, 1.82) is 0 Å². The van der Waals surface area contributed by atoms with Crippen LogP contribution >= 0.6 is 11.6 Å². The van der Waals surface area contributed by atoms with Gasteiger partial charge in [0.2, 0.25) is 0 Å². The number of fused-ring (bicyclic) bond motifs is 2. The van der Waals surface area contributed by atoms with Gasteiger partial charge in [-0.3, -0.25) is 0 Å². The Morgan fingerprint density at radius 2 is 2.06 bits per heavy atom. The fourth-order valence-corrected chi connectivity index (χ4v) is 3.02. The number of aliphatic hydroxyl groups is 1. The molecule has 1 aliphatic carbocycles. The summed E-state index contributed by atoms with van der Waals surface area (Å²) in [5.41, 5.74) is 5.26. The molecule has 0 saturated carbocycles. The molecule has 0 amide bonds. The number of benzene rings is 1. The van der Waals surface area contributed by atoms with Crippen molar-refractivity contribution in [3.63, 3.8) is 0 Å². The number of halogens is 1. The van der Waals surface area contributed by atoms with Crippen LogP contribution in [0, 0.1) is 13.8 Å². The Bertz CT molecular complexity index is 636. The highest BCUT2D eigenvalue weighted by molar-refractivity contribution is 6.32. The van der Waals surface area contributed by atoms with E-state index >= 15 is 0 Å². The van der Waals surface area contributed by atoms with Crippen molar-refractivity contribution in [1.82, 2.24) is 4.98 Å². The zero-order valence-corrected chi connectivity index (χ0v) is 11.4. The maximum absolute atomic E-state index is 10.1. The molecule has 2 nitrogen and oxygen atoms in total. The maximum Gasteiger partial charge on any atom is 0.0963 e. The number of aliphatic hydroxyl groups excluding tert-OH is 1. The van der Waals surface area contributed by atoms with Crippen LogP contribution in [0.4, 0.5) is 0 Å². The Hall–Kier alpha value is -1.12. The summed E-state index contributed by atoms with van der Waals surface area (Å²) in [6, 6.07) is 3.97. The summed E-state index contributed by atoms with van der Waals surface area (Å²) in [6.07, 6.45) is 2.44. The standard InChI is InChI=1S/C15H16ClNO/c1-8-10-4-3-5-13(18)15(10)17-14-9(2)12(16)7-6-11(8)14/h6-7,13,18H,3-5H2,1-2H3. The SMILES string of the molecule is Cc1c2c(nc3c(C)c(Cl)ccc13)C(O)CCC2. The van der Waals surface area contributed by atoms with Crippen molar-refractivity contribution in [2.45, 2.75) is 39.2 Å². The molecule has 0 spiro atoms. The monoisotopic (exact) mass is 261 g/mol. The minimum Gasteiger partial charge on any atom is -0.387 e. The summed E-state index contributed by atoms with van der Waals surface area (Å²) in [4.78, 5) is 4.68. The number of rotatable bonds is 0. The van der Waals surface area contributed by atoms with Crippen molar-refractivity contribution < 1.29 is 5.11 Å². The van der Waals surface area contributed by atoms with Crippen LogP contribution in [0.1, 0.15) is 41.3 Å². The van der Waals surface area contributed by atoms with Crippen molar-refractivity contribution in [2.24, 2.45) is 0 Å². The Morgan fingerprint density at radius 3 is 2.83 bits per heavy atom. The highest BCUT2D eigenvalue weighted by Gasteiger charge is 2.23. The van der Waals surface area contributed by atoms with E-state index in [2.05, 4.69) is 11.9 Å². The van der Waals surface area contributed by atoms with E-state index in [0.717, 1.165) is 46.4 Å². The lowest BCUT2D eigenvalue weighted by molar-refractivity contribution is 0.152. The molecule has 0 radical (unpaired) electrons. The number of aryl methyl sites for hydroxylation is 2. The number of nitrogens with zero attached hydrogens (tertiary/aromatic N) is 1. The molecule has 0 saturated heterocycles. The molecule has 0 fully saturated rings. The quantitative estimate of drug-likeness (QED) is 0.781. The molecule has 0 aliphatic heterocycles. The first-order valence-electron chi connectivity index (χ1n) is 6.36. The van der Waals surface area contributed by atoms with Gasteiger partial charge in [-0.05, 0) is 55.9 Å². The molecule has 94 valence electrons. The summed E-state index contributed by atoms with van der Waals surface area (Å²) < 4.78 is 0. The molecule has 1 unspecified atom stereocenters. The summed E-state index contributed by atoms with van der Waals surface area (Å²) in [7, 11) is 0. The van der Waals surface area contributed by atoms with E-state index in [9.17, 15) is 5.11 Å². The molecular weight excluding hydrogens is 246 g/mol. The molecule has 2 aromatic rings. The van der Waals surface area contributed by atoms with Gasteiger partial charge in [0, 0.05) is 10.4 Å². The van der Waals surface area contributed by atoms with E-state index in [1.807, 2.05) is 19.1 Å². The predicted octanol–water partition coefficient (Wildman–Crippen LogP) is 3.87. The first kappa shape index (κ1) is 11.9. The molecule has 3 heteroatoms. The fourth-order valence-electron chi connectivity index (χ4n) is 2.86. The molecule has 18 heavy (non-hydrogen) atoms. The van der Waals surface area contributed by atoms with E-state index in [1.165, 1.54) is 11.1 Å². The Balaban J connectivity index is 2.40. The molecule has 1 atom stereocenters. The summed E-state index contributed by atoms with van der Waals surface area (Å²) in [6.45, 7) is 4.10. The fraction of sp³-hybridized carbons (Fsp3) is 0.400. The van der Waals surface area contributed by atoms with E-state index in [1.54, 1.807) is 0 Å². The van der Waals surface area contributed by atoms with E-state index in [0.29, 0.717) is 0 Å². The van der Waals surface area contributed by atoms with E-state index < -0.39 is 6.10 Å². The van der Waals surface area contributed by atoms with Crippen LogP contribution in [0.15, 0.2) is 12.1 Å². The summed E-state index contributed by atoms with van der Waals surface area (Å²) in [5.74, 6) is 0. The van der Waals surface area contributed by atoms with Gasteiger partial charge in [-0.25, -0.2) is 4.98 Å². The Kier molecular flexibility index (Phi) is 2.80. The second-order valence-electron chi connectivity index (χ2n) is 5.08. The number of hydrogen-bond donors (Lipinski definition) is 1. The predicted molar refractivity (Wildman–Crippen MR) is 74.1 cm³/mol. The normalized spacial score (nSPS) is 19.0. The van der Waals surface area contributed by atoms with E-state index in [4.69, 9.17) is 11.6 Å². The van der Waals surface area contributed by atoms with Gasteiger partial charge in [0.1, 0.15) is 0 Å². The van der Waals surface area contributed by atoms with Gasteiger partial charge in [-0.15, -0.1) is 0 Å². The van der Waals surface area contributed by atoms with Gasteiger partial charge in [0.25, 0.3) is 0 Å². The van der Waals surface area contributed by atoms with Crippen LogP contribution in [-0.2, 0) is 6.42 Å². The third-order valence-electron chi connectivity index (χ3n) is 3.98. The average Bonchev–Trinajstić information content (AvgIpc) is 2.36. The third-order valence-corrected chi connectivity index (χ3v) is 4.39. The topological polar surface area (TPSA) is 33.1 Å². The zero-order chi connectivity index (χ0) is 12.9. The van der Waals surface area contributed by atoms with Crippen molar-refractivity contribution >= 4 is 22.5 Å². The third kappa shape index (κ3) is 1.63. The van der Waals surface area contributed by atoms with Gasteiger partial charge in [0.05, 0.1) is 17.3 Å². The minimum atomic E-state index is -0.421. The largest absolute Gasteiger partial charge is 0.387 e. The second-order valence-corrected chi connectivity index (χ2v) is 5.48. The minimum absolute atomic E-state index is 0.421. The van der Waals surface area contributed by atoms with Crippen molar-refractivity contribution in [3.05, 3.63) is 39.5 Å². The van der Waals surface area contributed by atoms with Gasteiger partial charge in [0.15, 0.2) is 0 Å². The van der Waals surface area contributed by atoms with Crippen LogP contribution in [-0.4, -0.2) is 10.1 Å². The summed E-state index contributed by atoms with van der Waals surface area (Å²) in [5, 5.41) is 12.0. The summed E-state index contributed by atoms with van der Waals surface area (Å²) >= 11 is 6.16. The molecule has 1 aliphatic rings. The molecular formula is C15H16ClNO. The van der Waals surface area contributed by atoms with Crippen LogP contribution in [0.5, 0.6) is 0 Å². The lowest BCUT2D eigenvalue weighted by atomic mass is 9.88. The van der Waals surface area contributed by atoms with Crippen LogP contribution in [0.3, 0.4) is 0 Å². The van der Waals surface area contributed by atoms with Crippen LogP contribution < -0.4 is 0 Å². The average molecular weight is 262 g/mol. The molecule has 0 bridgehead atoms. The highest BCUT2D eigenvalue weighted by atomic mass is 35.5. The molecule has 1 aromatic heterocycles. The molecule has 1 heterocycles. The lowest BCUT2D eigenvalue weighted by Crippen LogP contribution is -2.13. The Labute approximate surface area is 112 Å². The smallest absolute Gasteiger partial charge is 0.0963 e. The van der Waals surface area contributed by atoms with Gasteiger partial charge < -0.3 is 5.11 Å². The van der Waals surface area contributed by atoms with Crippen molar-refractivity contribution in [2.75, 3.05) is 0 Å². The maximum atomic E-state index is 10.1. The van der Waals surface area contributed by atoms with E-state index in [-0.39, 0.29) is 0 Å². The lowest BCUT2D eigenvalue weighted by Gasteiger charge is -2.23. The zero-order valence-electron chi connectivity index (χ0n) is 10.6. The van der Waals surface area contributed by atoms with Crippen LogP contribution in [0.2, 0.25) is 5.02 Å². The highest BCUT2D eigenvalue weighted by Crippen LogP contribution is 2.35. The molecule has 1 N–H and O–H groups in total. The number of hydrogen-bond acceptors (Lipinski definition) is 2. The first-order valence-corrected chi connectivity index (χ1v) is 6.73. The van der Waals surface area contributed by atoms with Gasteiger partial charge in [-0.2, -0.15) is 0 Å². The second kappa shape index (κ2) is 4.22. The molecule has 1 aromatic carbocycles. The van der Waals surface area contributed by atoms with Gasteiger partial charge >= 0.3 is 0 Å². The number of aromatic nitrogens is 1. The van der Waals surface area contributed by atoms with Gasteiger partial charge in [-0.1, -0.05) is 17.7 Å². The van der Waals surface area contributed by atoms with Crippen molar-refractivity contribution in [3.8, 4) is 0 Å². The first-order chi connectivity index (χ1) is 8.59. The molecule has 3 rings (SSSR count). The van der Waals surface area contributed by atoms with Crippen LogP contribution in [0.25, 0.3) is 10.9 Å².